The molecule has 1 unspecified atom stereocenters. The summed E-state index contributed by atoms with van der Waals surface area (Å²) < 4.78 is 0. The first-order valence-corrected chi connectivity index (χ1v) is 15.2. The lowest BCUT2D eigenvalue weighted by molar-refractivity contribution is -0.146. The van der Waals surface area contributed by atoms with Crippen LogP contribution in [0.15, 0.2) is 84.4 Å². The maximum Gasteiger partial charge on any atom is 0.246 e. The van der Waals surface area contributed by atoms with E-state index in [-0.39, 0.29) is 17.7 Å². The molecule has 0 saturated carbocycles. The summed E-state index contributed by atoms with van der Waals surface area (Å²) in [6.45, 7) is 6.66. The lowest BCUT2D eigenvalue weighted by Gasteiger charge is -2.42. The van der Waals surface area contributed by atoms with Crippen LogP contribution in [0.3, 0.4) is 0 Å². The number of nitrogens with two attached hydrogens (primary N) is 1. The molecule has 0 aliphatic carbocycles. The number of piperidine rings is 1. The molecule has 0 aromatic heterocycles. The van der Waals surface area contributed by atoms with E-state index in [4.69, 9.17) is 5.73 Å². The van der Waals surface area contributed by atoms with Crippen LogP contribution in [-0.2, 0) is 27.2 Å². The van der Waals surface area contributed by atoms with E-state index in [9.17, 15) is 14.4 Å². The minimum Gasteiger partial charge on any atom is -0.359 e. The van der Waals surface area contributed by atoms with Crippen molar-refractivity contribution in [2.24, 2.45) is 11.1 Å². The fraction of sp³-hybridized carbons (Fsp3) is 0.417. The number of fused-ring (bicyclic) bond motifs is 1. The van der Waals surface area contributed by atoms with Crippen LogP contribution >= 0.6 is 0 Å². The van der Waals surface area contributed by atoms with E-state index in [2.05, 4.69) is 29.6 Å². The van der Waals surface area contributed by atoms with Crippen LogP contribution in [0.4, 0.5) is 0 Å². The molecule has 43 heavy (non-hydrogen) atoms. The molecule has 3 N–H and O–H groups in total. The Morgan fingerprint density at radius 2 is 1.60 bits per heavy atom. The number of nitrogens with one attached hydrogen (secondary N) is 1. The average molecular weight is 583 g/mol. The molecule has 1 fully saturated rings. The quantitative estimate of drug-likeness (QED) is 0.333. The molecule has 4 rings (SSSR count). The fourth-order valence-corrected chi connectivity index (χ4v) is 6.32. The summed E-state index contributed by atoms with van der Waals surface area (Å²) in [4.78, 5) is 44.3. The molecular formula is C36H46N4O3. The molecule has 1 aliphatic heterocycles. The van der Waals surface area contributed by atoms with Crippen molar-refractivity contribution < 1.29 is 14.4 Å². The Morgan fingerprint density at radius 3 is 2.23 bits per heavy atom. The van der Waals surface area contributed by atoms with Crippen molar-refractivity contribution in [3.63, 3.8) is 0 Å². The number of likely N-dealkylation sites (N-methyl/N-ethyl adjacent to an activating group) is 1. The van der Waals surface area contributed by atoms with Gasteiger partial charge in [0.1, 0.15) is 6.04 Å². The van der Waals surface area contributed by atoms with E-state index < -0.39 is 17.0 Å². The first-order chi connectivity index (χ1) is 20.4. The molecule has 228 valence electrons. The van der Waals surface area contributed by atoms with Gasteiger partial charge in [-0.3, -0.25) is 14.4 Å². The van der Waals surface area contributed by atoms with Crippen LogP contribution in [0.5, 0.6) is 0 Å². The first-order valence-electron chi connectivity index (χ1n) is 15.2. The average Bonchev–Trinajstić information content (AvgIpc) is 2.98. The number of amides is 3. The second kappa shape index (κ2) is 13.6. The van der Waals surface area contributed by atoms with E-state index >= 15 is 0 Å². The highest BCUT2D eigenvalue weighted by Gasteiger charge is 2.43. The highest BCUT2D eigenvalue weighted by atomic mass is 16.2. The summed E-state index contributed by atoms with van der Waals surface area (Å²) in [7, 11) is 3.38. The van der Waals surface area contributed by atoms with E-state index in [1.54, 1.807) is 25.1 Å². The van der Waals surface area contributed by atoms with Gasteiger partial charge in [-0.25, -0.2) is 0 Å². The molecule has 3 amide bonds. The van der Waals surface area contributed by atoms with Crippen LogP contribution in [0, 0.1) is 5.41 Å². The zero-order chi connectivity index (χ0) is 31.2. The normalized spacial score (nSPS) is 16.0. The molecule has 1 saturated heterocycles. The Balaban J connectivity index is 1.58. The van der Waals surface area contributed by atoms with Gasteiger partial charge < -0.3 is 20.9 Å². The monoisotopic (exact) mass is 582 g/mol. The van der Waals surface area contributed by atoms with Crippen molar-refractivity contribution in [2.75, 3.05) is 27.2 Å². The summed E-state index contributed by atoms with van der Waals surface area (Å²) in [5, 5.41) is 5.09. The lowest BCUT2D eigenvalue weighted by atomic mass is 9.73. The zero-order valence-corrected chi connectivity index (χ0v) is 26.2. The van der Waals surface area contributed by atoms with Crippen molar-refractivity contribution in [1.82, 2.24) is 15.1 Å². The number of carbonyl (C=O) groups is 3. The molecule has 3 aromatic carbocycles. The fourth-order valence-electron chi connectivity index (χ4n) is 6.32. The van der Waals surface area contributed by atoms with Crippen LogP contribution in [-0.4, -0.2) is 66.3 Å². The van der Waals surface area contributed by atoms with Crippen LogP contribution in [0.2, 0.25) is 0 Å². The summed E-state index contributed by atoms with van der Waals surface area (Å²) in [6, 6.07) is 23.7. The van der Waals surface area contributed by atoms with Crippen LogP contribution < -0.4 is 11.1 Å². The van der Waals surface area contributed by atoms with Gasteiger partial charge in [-0.1, -0.05) is 78.4 Å². The summed E-state index contributed by atoms with van der Waals surface area (Å²) in [6.07, 6.45) is 4.29. The van der Waals surface area contributed by atoms with E-state index in [0.29, 0.717) is 45.2 Å². The Bertz CT molecular complexity index is 1470. The Morgan fingerprint density at radius 1 is 0.977 bits per heavy atom. The summed E-state index contributed by atoms with van der Waals surface area (Å²) >= 11 is 0. The van der Waals surface area contributed by atoms with Gasteiger partial charge in [0, 0.05) is 45.2 Å². The van der Waals surface area contributed by atoms with Crippen LogP contribution in [0.1, 0.15) is 51.2 Å². The first kappa shape index (κ1) is 32.0. The van der Waals surface area contributed by atoms with Gasteiger partial charge in [0.25, 0.3) is 0 Å². The van der Waals surface area contributed by atoms with Crippen molar-refractivity contribution in [1.29, 1.82) is 0 Å². The van der Waals surface area contributed by atoms with Crippen molar-refractivity contribution in [3.8, 4) is 0 Å². The second-order valence-electron chi connectivity index (χ2n) is 12.9. The molecular weight excluding hydrogens is 536 g/mol. The number of carbonyl (C=O) groups excluding carboxylic acids is 3. The SMILES string of the molecule is CNC(=O)C1(Cc2ccccc2)CCN(C(=O)C(Cc2ccc3ccccc3c2)N(C)C(=O)/C=C(\C)CC(C)(C)N)CC1. The molecule has 1 aliphatic rings. The smallest absolute Gasteiger partial charge is 0.246 e. The summed E-state index contributed by atoms with van der Waals surface area (Å²) in [5.74, 6) is -0.312. The number of hydrogen-bond donors (Lipinski definition) is 2. The lowest BCUT2D eigenvalue weighted by Crippen LogP contribution is -2.55. The van der Waals surface area contributed by atoms with Gasteiger partial charge in [-0.05, 0) is 68.4 Å². The largest absolute Gasteiger partial charge is 0.359 e. The third-order valence-corrected chi connectivity index (χ3v) is 8.57. The molecule has 0 spiro atoms. The summed E-state index contributed by atoms with van der Waals surface area (Å²) in [5.41, 5.74) is 8.13. The molecule has 7 nitrogen and oxygen atoms in total. The number of rotatable bonds is 10. The van der Waals surface area contributed by atoms with Gasteiger partial charge in [0.15, 0.2) is 0 Å². The molecule has 7 heteroatoms. The highest BCUT2D eigenvalue weighted by Crippen LogP contribution is 2.36. The topological polar surface area (TPSA) is 95.7 Å². The molecule has 1 heterocycles. The molecule has 0 bridgehead atoms. The van der Waals surface area contributed by atoms with E-state index in [1.807, 2.05) is 74.2 Å². The Kier molecular flexibility index (Phi) is 10.1. The Labute approximate surface area is 256 Å². The second-order valence-corrected chi connectivity index (χ2v) is 12.9. The number of hydrogen-bond acceptors (Lipinski definition) is 4. The van der Waals surface area contributed by atoms with Gasteiger partial charge in [0.05, 0.1) is 5.41 Å². The predicted molar refractivity (Wildman–Crippen MR) is 173 cm³/mol. The molecule has 0 radical (unpaired) electrons. The number of benzene rings is 3. The third-order valence-electron chi connectivity index (χ3n) is 8.57. The van der Waals surface area contributed by atoms with Gasteiger partial charge in [0.2, 0.25) is 17.7 Å². The molecule has 3 aromatic rings. The maximum absolute atomic E-state index is 14.2. The van der Waals surface area contributed by atoms with Gasteiger partial charge >= 0.3 is 0 Å². The van der Waals surface area contributed by atoms with Gasteiger partial charge in [-0.2, -0.15) is 0 Å². The number of likely N-dealkylation sites (tertiary alicyclic amines) is 1. The standard InChI is InChI=1S/C36H46N4O3/c1-26(24-35(2,3)37)21-32(41)39(5)31(23-28-15-16-29-13-9-10-14-30(29)22-28)33(42)40-19-17-36(18-20-40,34(43)38-4)25-27-11-7-6-8-12-27/h6-16,21-22,31H,17-20,23-25,37H2,1-5H3,(H,38,43)/b26-21+. The van der Waals surface area contributed by atoms with Crippen molar-refractivity contribution in [3.05, 3.63) is 95.6 Å². The van der Waals surface area contributed by atoms with Crippen molar-refractivity contribution >= 4 is 28.5 Å². The van der Waals surface area contributed by atoms with E-state index in [0.717, 1.165) is 27.5 Å². The minimum atomic E-state index is -0.690. The van der Waals surface area contributed by atoms with Crippen LogP contribution in [0.25, 0.3) is 10.8 Å². The zero-order valence-electron chi connectivity index (χ0n) is 26.2. The highest BCUT2D eigenvalue weighted by molar-refractivity contribution is 5.94. The van der Waals surface area contributed by atoms with E-state index in [1.165, 1.54) is 0 Å². The number of nitrogens with zero attached hydrogens (tertiary/aromatic N) is 2. The van der Waals surface area contributed by atoms with Crippen molar-refractivity contribution in [2.45, 2.75) is 64.5 Å². The van der Waals surface area contributed by atoms with Gasteiger partial charge in [-0.15, -0.1) is 0 Å². The third kappa shape index (κ3) is 8.11. The maximum atomic E-state index is 14.2. The minimum absolute atomic E-state index is 0.00639. The predicted octanol–water partition coefficient (Wildman–Crippen LogP) is 4.88. The molecule has 1 atom stereocenters. The Hall–Kier alpha value is -3.97.